The van der Waals surface area contributed by atoms with Gasteiger partial charge in [0.15, 0.2) is 0 Å². The molecule has 0 aromatic heterocycles. The highest BCUT2D eigenvalue weighted by atomic mass is 16.5. The number of alkyl carbamates (subject to hydrolysis) is 1. The van der Waals surface area contributed by atoms with Crippen LogP contribution < -0.4 is 10.2 Å². The van der Waals surface area contributed by atoms with Crippen molar-refractivity contribution in [2.45, 2.75) is 40.5 Å². The maximum Gasteiger partial charge on any atom is 0.409 e. The van der Waals surface area contributed by atoms with Crippen LogP contribution in [-0.2, 0) is 16.1 Å². The number of hydrogen-bond acceptors (Lipinski definition) is 4. The van der Waals surface area contributed by atoms with Crippen LogP contribution >= 0.6 is 0 Å². The number of fused-ring (bicyclic) bond motifs is 1. The molecule has 2 aromatic carbocycles. The molecular weight excluding hydrogens is 378 g/mol. The fourth-order valence-corrected chi connectivity index (χ4v) is 3.44. The van der Waals surface area contributed by atoms with E-state index in [2.05, 4.69) is 24.2 Å². The highest BCUT2D eigenvalue weighted by Crippen LogP contribution is 2.28. The Kier molecular flexibility index (Phi) is 6.87. The summed E-state index contributed by atoms with van der Waals surface area (Å²) in [6, 6.07) is 17.2. The molecule has 6 heteroatoms. The number of nitrogens with zero attached hydrogens (tertiary/aromatic N) is 2. The molecule has 1 heterocycles. The number of carbonyl (C=O) groups excluding carboxylic acids is 2. The van der Waals surface area contributed by atoms with E-state index in [1.54, 1.807) is 4.90 Å². The van der Waals surface area contributed by atoms with Crippen molar-refractivity contribution < 1.29 is 14.3 Å². The largest absolute Gasteiger partial charge is 0.445 e. The van der Waals surface area contributed by atoms with Gasteiger partial charge in [-0.25, -0.2) is 4.79 Å². The zero-order valence-corrected chi connectivity index (χ0v) is 18.0. The average Bonchev–Trinajstić information content (AvgIpc) is 2.83. The minimum absolute atomic E-state index is 0.0857. The average molecular weight is 408 g/mol. The molecule has 0 bridgehead atoms. The van der Waals surface area contributed by atoms with E-state index in [9.17, 15) is 9.59 Å². The molecule has 0 fully saturated rings. The molecule has 3 rings (SSSR count). The number of benzene rings is 2. The van der Waals surface area contributed by atoms with Gasteiger partial charge in [0.2, 0.25) is 6.17 Å². The SMILES string of the molecule is CC(C)CN1C(=O)[C@@H](NC(=O)OCc2ccccc2)N=C(C(C)C)c2ccccc21. The number of benzodiazepines with no additional fused rings is 1. The predicted octanol–water partition coefficient (Wildman–Crippen LogP) is 4.39. The molecule has 0 aliphatic carbocycles. The minimum atomic E-state index is -1.03. The lowest BCUT2D eigenvalue weighted by molar-refractivity contribution is -0.120. The summed E-state index contributed by atoms with van der Waals surface area (Å²) >= 11 is 0. The van der Waals surface area contributed by atoms with Crippen LogP contribution in [0, 0.1) is 11.8 Å². The first kappa shape index (κ1) is 21.6. The van der Waals surface area contributed by atoms with Crippen molar-refractivity contribution in [2.24, 2.45) is 16.8 Å². The molecule has 1 aliphatic heterocycles. The lowest BCUT2D eigenvalue weighted by Gasteiger charge is -2.27. The molecule has 1 atom stereocenters. The van der Waals surface area contributed by atoms with Gasteiger partial charge < -0.3 is 9.64 Å². The Morgan fingerprint density at radius 1 is 1.07 bits per heavy atom. The van der Waals surface area contributed by atoms with E-state index in [0.29, 0.717) is 6.54 Å². The van der Waals surface area contributed by atoms with Gasteiger partial charge in [-0.05, 0) is 23.5 Å². The summed E-state index contributed by atoms with van der Waals surface area (Å²) in [5, 5.41) is 2.66. The van der Waals surface area contributed by atoms with Gasteiger partial charge in [0.25, 0.3) is 5.91 Å². The highest BCUT2D eigenvalue weighted by Gasteiger charge is 2.33. The minimum Gasteiger partial charge on any atom is -0.445 e. The second kappa shape index (κ2) is 9.57. The lowest BCUT2D eigenvalue weighted by atomic mass is 9.98. The predicted molar refractivity (Wildman–Crippen MR) is 119 cm³/mol. The first-order chi connectivity index (χ1) is 14.4. The smallest absolute Gasteiger partial charge is 0.409 e. The Hall–Kier alpha value is -3.15. The van der Waals surface area contributed by atoms with Crippen molar-refractivity contribution in [2.75, 3.05) is 11.4 Å². The van der Waals surface area contributed by atoms with Gasteiger partial charge in [-0.3, -0.25) is 15.1 Å². The summed E-state index contributed by atoms with van der Waals surface area (Å²) in [4.78, 5) is 32.2. The molecule has 0 unspecified atom stereocenters. The number of ether oxygens (including phenoxy) is 1. The third-order valence-electron chi connectivity index (χ3n) is 4.80. The molecule has 1 aliphatic rings. The van der Waals surface area contributed by atoms with E-state index >= 15 is 0 Å². The highest BCUT2D eigenvalue weighted by molar-refractivity contribution is 6.13. The zero-order chi connectivity index (χ0) is 21.7. The molecule has 0 radical (unpaired) electrons. The Morgan fingerprint density at radius 2 is 1.73 bits per heavy atom. The zero-order valence-electron chi connectivity index (χ0n) is 18.0. The molecule has 0 spiro atoms. The van der Waals surface area contributed by atoms with Crippen LogP contribution in [0.5, 0.6) is 0 Å². The first-order valence-corrected chi connectivity index (χ1v) is 10.3. The van der Waals surface area contributed by atoms with Crippen LogP contribution in [0.25, 0.3) is 0 Å². The summed E-state index contributed by atoms with van der Waals surface area (Å²) in [5.74, 6) is 0.0827. The Balaban J connectivity index is 1.86. The first-order valence-electron chi connectivity index (χ1n) is 10.3. The number of nitrogens with one attached hydrogen (secondary N) is 1. The van der Waals surface area contributed by atoms with Crippen molar-refractivity contribution in [3.63, 3.8) is 0 Å². The molecule has 1 N–H and O–H groups in total. The van der Waals surface area contributed by atoms with Crippen molar-refractivity contribution in [1.29, 1.82) is 0 Å². The normalized spacial score (nSPS) is 16.2. The Morgan fingerprint density at radius 3 is 2.40 bits per heavy atom. The molecular formula is C24H29N3O3. The summed E-state index contributed by atoms with van der Waals surface area (Å²) < 4.78 is 5.32. The summed E-state index contributed by atoms with van der Waals surface area (Å²) in [6.07, 6.45) is -1.70. The number of aliphatic imine (C=N–C) groups is 1. The monoisotopic (exact) mass is 407 g/mol. The summed E-state index contributed by atoms with van der Waals surface area (Å²) in [7, 11) is 0. The topological polar surface area (TPSA) is 71.0 Å². The quantitative estimate of drug-likeness (QED) is 0.772. The van der Waals surface area contributed by atoms with Crippen LogP contribution in [0.15, 0.2) is 59.6 Å². The standard InChI is InChI=1S/C24H29N3O3/c1-16(2)14-27-20-13-9-8-12-19(20)21(17(3)4)25-22(23(27)28)26-24(29)30-15-18-10-6-5-7-11-18/h5-13,16-17,22H,14-15H2,1-4H3,(H,26,29)/t22-/m1/s1. The van der Waals surface area contributed by atoms with Crippen LogP contribution in [0.2, 0.25) is 0 Å². The van der Waals surface area contributed by atoms with Crippen LogP contribution in [0.3, 0.4) is 0 Å². The van der Waals surface area contributed by atoms with Crippen molar-refractivity contribution in [1.82, 2.24) is 5.32 Å². The molecule has 158 valence electrons. The number of hydrogen-bond donors (Lipinski definition) is 1. The lowest BCUT2D eigenvalue weighted by Crippen LogP contribution is -2.48. The Bertz CT molecular complexity index is 922. The second-order valence-electron chi connectivity index (χ2n) is 8.14. The fraction of sp³-hybridized carbons (Fsp3) is 0.375. The fourth-order valence-electron chi connectivity index (χ4n) is 3.44. The van der Waals surface area contributed by atoms with Crippen molar-refractivity contribution >= 4 is 23.4 Å². The van der Waals surface area contributed by atoms with Gasteiger partial charge in [0, 0.05) is 17.8 Å². The number of para-hydroxylation sites is 1. The van der Waals surface area contributed by atoms with Crippen LogP contribution in [0.1, 0.15) is 38.8 Å². The van der Waals surface area contributed by atoms with E-state index in [1.807, 2.05) is 68.4 Å². The molecule has 2 amide bonds. The van der Waals surface area contributed by atoms with Gasteiger partial charge in [0.05, 0.1) is 5.69 Å². The molecule has 0 saturated heterocycles. The number of amides is 2. The van der Waals surface area contributed by atoms with E-state index < -0.39 is 12.3 Å². The maximum absolute atomic E-state index is 13.4. The molecule has 6 nitrogen and oxygen atoms in total. The molecule has 30 heavy (non-hydrogen) atoms. The van der Waals surface area contributed by atoms with Crippen LogP contribution in [-0.4, -0.2) is 30.4 Å². The van der Waals surface area contributed by atoms with Gasteiger partial charge in [-0.2, -0.15) is 0 Å². The van der Waals surface area contributed by atoms with Crippen LogP contribution in [0.4, 0.5) is 10.5 Å². The third-order valence-corrected chi connectivity index (χ3v) is 4.80. The number of rotatable bonds is 6. The summed E-state index contributed by atoms with van der Waals surface area (Å²) in [5.41, 5.74) is 3.41. The van der Waals surface area contributed by atoms with Crippen molar-refractivity contribution in [3.05, 3.63) is 65.7 Å². The van der Waals surface area contributed by atoms with Crippen molar-refractivity contribution in [3.8, 4) is 0 Å². The molecule has 0 saturated carbocycles. The van der Waals surface area contributed by atoms with E-state index in [0.717, 1.165) is 22.5 Å². The van der Waals surface area contributed by atoms with E-state index in [4.69, 9.17) is 4.74 Å². The second-order valence-corrected chi connectivity index (χ2v) is 8.14. The van der Waals surface area contributed by atoms with Gasteiger partial charge in [-0.15, -0.1) is 0 Å². The maximum atomic E-state index is 13.4. The van der Waals surface area contributed by atoms with E-state index in [1.165, 1.54) is 0 Å². The third kappa shape index (κ3) is 5.06. The van der Waals surface area contributed by atoms with Gasteiger partial charge in [-0.1, -0.05) is 76.2 Å². The number of anilines is 1. The molecule has 2 aromatic rings. The van der Waals surface area contributed by atoms with Gasteiger partial charge in [0.1, 0.15) is 6.61 Å². The Labute approximate surface area is 178 Å². The van der Waals surface area contributed by atoms with Gasteiger partial charge >= 0.3 is 6.09 Å². The summed E-state index contributed by atoms with van der Waals surface area (Å²) in [6.45, 7) is 8.84. The number of carbonyl (C=O) groups is 2. The van der Waals surface area contributed by atoms with E-state index in [-0.39, 0.29) is 24.3 Å².